The molecular weight excluding hydrogens is 526 g/mol. The molecule has 1 aromatic heterocycles. The molecule has 9 heteroatoms. The van der Waals surface area contributed by atoms with Crippen molar-refractivity contribution < 1.29 is 38.1 Å². The summed E-state index contributed by atoms with van der Waals surface area (Å²) < 4.78 is 28.4. The molecule has 1 N–H and O–H groups in total. The van der Waals surface area contributed by atoms with E-state index in [1.54, 1.807) is 48.5 Å². The van der Waals surface area contributed by atoms with Gasteiger partial charge in [-0.05, 0) is 53.6 Å². The second-order valence-electron chi connectivity index (χ2n) is 9.55. The molecule has 3 aromatic carbocycles. The second-order valence-corrected chi connectivity index (χ2v) is 9.55. The lowest BCUT2D eigenvalue weighted by atomic mass is 9.94. The molecule has 9 nitrogen and oxygen atoms in total. The van der Waals surface area contributed by atoms with Gasteiger partial charge in [0.25, 0.3) is 11.7 Å². The number of aliphatic hydroxyl groups is 1. The van der Waals surface area contributed by atoms with E-state index in [0.717, 1.165) is 5.56 Å². The zero-order valence-electron chi connectivity index (χ0n) is 22.2. The Morgan fingerprint density at radius 2 is 1.73 bits per heavy atom. The van der Waals surface area contributed by atoms with Gasteiger partial charge in [-0.25, -0.2) is 0 Å². The first-order valence-corrected chi connectivity index (χ1v) is 13.1. The standard InChI is InChI=1S/C32H27NO8/c1-37-26-16-21(9-11-24(26)41-19-20-6-3-2-4-7-20)29-28(31(35)32(36)33(29)18-23-8-5-13-38-23)30(34)22-10-12-25-27(17-22)40-15-14-39-25/h2-13,16-17,29,34H,14-15,18-19H2,1H3/t29-/m1/s1. The highest BCUT2D eigenvalue weighted by atomic mass is 16.6. The molecule has 0 radical (unpaired) electrons. The monoisotopic (exact) mass is 553 g/mol. The number of ether oxygens (including phenoxy) is 4. The minimum Gasteiger partial charge on any atom is -0.507 e. The van der Waals surface area contributed by atoms with Crippen LogP contribution in [0.1, 0.15) is 28.5 Å². The summed E-state index contributed by atoms with van der Waals surface area (Å²) in [5, 5.41) is 11.5. The van der Waals surface area contributed by atoms with Crippen LogP contribution in [-0.2, 0) is 22.7 Å². The lowest BCUT2D eigenvalue weighted by Crippen LogP contribution is -2.29. The summed E-state index contributed by atoms with van der Waals surface area (Å²) >= 11 is 0. The third-order valence-electron chi connectivity index (χ3n) is 7.00. The molecule has 208 valence electrons. The van der Waals surface area contributed by atoms with Crippen LogP contribution in [0.5, 0.6) is 23.0 Å². The first kappa shape index (κ1) is 26.1. The molecule has 0 spiro atoms. The van der Waals surface area contributed by atoms with Crippen molar-refractivity contribution in [2.75, 3.05) is 20.3 Å². The van der Waals surface area contributed by atoms with Crippen molar-refractivity contribution in [3.8, 4) is 23.0 Å². The Hall–Kier alpha value is -5.18. The zero-order valence-corrected chi connectivity index (χ0v) is 22.2. The van der Waals surface area contributed by atoms with Crippen molar-refractivity contribution >= 4 is 17.4 Å². The Kier molecular flexibility index (Phi) is 7.08. The van der Waals surface area contributed by atoms with E-state index in [1.807, 2.05) is 30.3 Å². The first-order chi connectivity index (χ1) is 20.0. The van der Waals surface area contributed by atoms with Crippen molar-refractivity contribution in [3.05, 3.63) is 113 Å². The average Bonchev–Trinajstić information content (AvgIpc) is 3.62. The van der Waals surface area contributed by atoms with Crippen LogP contribution >= 0.6 is 0 Å². The van der Waals surface area contributed by atoms with Crippen molar-refractivity contribution in [2.45, 2.75) is 19.2 Å². The zero-order chi connectivity index (χ0) is 28.3. The number of furan rings is 1. The Morgan fingerprint density at radius 1 is 0.927 bits per heavy atom. The quantitative estimate of drug-likeness (QED) is 0.179. The van der Waals surface area contributed by atoms with Gasteiger partial charge in [-0.3, -0.25) is 9.59 Å². The molecule has 0 saturated carbocycles. The fourth-order valence-electron chi connectivity index (χ4n) is 5.02. The third-order valence-corrected chi connectivity index (χ3v) is 7.00. The first-order valence-electron chi connectivity index (χ1n) is 13.1. The Labute approximate surface area is 236 Å². The van der Waals surface area contributed by atoms with Crippen molar-refractivity contribution in [1.29, 1.82) is 0 Å². The summed E-state index contributed by atoms with van der Waals surface area (Å²) in [4.78, 5) is 28.2. The van der Waals surface area contributed by atoms with Crippen LogP contribution in [-0.4, -0.2) is 42.0 Å². The average molecular weight is 554 g/mol. The lowest BCUT2D eigenvalue weighted by molar-refractivity contribution is -0.140. The number of fused-ring (bicyclic) bond motifs is 1. The van der Waals surface area contributed by atoms with Gasteiger partial charge in [0.1, 0.15) is 31.3 Å². The summed E-state index contributed by atoms with van der Waals surface area (Å²) in [5.41, 5.74) is 1.81. The summed E-state index contributed by atoms with van der Waals surface area (Å²) in [7, 11) is 1.52. The maximum Gasteiger partial charge on any atom is 0.296 e. The number of Topliss-reactive ketones (excluding diaryl/α,β-unsaturated/α-hetero) is 1. The number of amides is 1. The predicted molar refractivity (Wildman–Crippen MR) is 148 cm³/mol. The molecular formula is C32H27NO8. The molecule has 1 saturated heterocycles. The van der Waals surface area contributed by atoms with E-state index in [0.29, 0.717) is 59.7 Å². The Bertz CT molecular complexity index is 1610. The number of aliphatic hydroxyl groups excluding tert-OH is 1. The molecule has 6 rings (SSSR count). The third kappa shape index (κ3) is 5.09. The number of rotatable bonds is 8. The van der Waals surface area contributed by atoms with E-state index in [2.05, 4.69) is 0 Å². The number of carbonyl (C=O) groups is 2. The van der Waals surface area contributed by atoms with E-state index < -0.39 is 17.7 Å². The molecule has 1 atom stereocenters. The molecule has 41 heavy (non-hydrogen) atoms. The van der Waals surface area contributed by atoms with Gasteiger partial charge in [-0.1, -0.05) is 36.4 Å². The number of hydrogen-bond donors (Lipinski definition) is 1. The molecule has 2 aliphatic rings. The molecule has 2 aliphatic heterocycles. The molecule has 1 fully saturated rings. The van der Waals surface area contributed by atoms with Crippen LogP contribution in [0, 0.1) is 0 Å². The van der Waals surface area contributed by atoms with Gasteiger partial charge >= 0.3 is 0 Å². The summed E-state index contributed by atoms with van der Waals surface area (Å²) in [6.07, 6.45) is 1.50. The van der Waals surface area contributed by atoms with Gasteiger partial charge in [0.2, 0.25) is 0 Å². The van der Waals surface area contributed by atoms with E-state index >= 15 is 0 Å². The van der Waals surface area contributed by atoms with Crippen LogP contribution in [0.2, 0.25) is 0 Å². The molecule has 0 bridgehead atoms. The summed E-state index contributed by atoms with van der Waals surface area (Å²) in [6, 6.07) is 22.3. The molecule has 1 amide bonds. The minimum atomic E-state index is -0.926. The summed E-state index contributed by atoms with van der Waals surface area (Å²) in [6.45, 7) is 1.14. The van der Waals surface area contributed by atoms with Crippen LogP contribution in [0.25, 0.3) is 5.76 Å². The van der Waals surface area contributed by atoms with E-state index in [1.165, 1.54) is 18.3 Å². The van der Waals surface area contributed by atoms with Gasteiger partial charge in [0, 0.05) is 5.56 Å². The topological polar surface area (TPSA) is 108 Å². The SMILES string of the molecule is COc1cc([C@@H]2C(=C(O)c3ccc4c(c3)OCCO4)C(=O)C(=O)N2Cc2ccco2)ccc1OCc1ccccc1. The lowest BCUT2D eigenvalue weighted by Gasteiger charge is -2.25. The van der Waals surface area contributed by atoms with Crippen LogP contribution in [0.15, 0.2) is 95.1 Å². The van der Waals surface area contributed by atoms with E-state index in [9.17, 15) is 14.7 Å². The molecule has 0 unspecified atom stereocenters. The number of methoxy groups -OCH3 is 1. The number of benzene rings is 3. The van der Waals surface area contributed by atoms with Crippen molar-refractivity contribution in [1.82, 2.24) is 4.90 Å². The maximum atomic E-state index is 13.5. The number of hydrogen-bond acceptors (Lipinski definition) is 8. The predicted octanol–water partition coefficient (Wildman–Crippen LogP) is 5.26. The second kappa shape index (κ2) is 11.1. The van der Waals surface area contributed by atoms with Gasteiger partial charge < -0.3 is 33.4 Å². The maximum absolute atomic E-state index is 13.5. The number of nitrogens with zero attached hydrogens (tertiary/aromatic N) is 1. The number of likely N-dealkylation sites (tertiary alicyclic amines) is 1. The van der Waals surface area contributed by atoms with E-state index in [-0.39, 0.29) is 17.9 Å². The van der Waals surface area contributed by atoms with Crippen LogP contribution in [0.4, 0.5) is 0 Å². The van der Waals surface area contributed by atoms with Crippen molar-refractivity contribution in [3.63, 3.8) is 0 Å². The van der Waals surface area contributed by atoms with Gasteiger partial charge in [-0.2, -0.15) is 0 Å². The molecule has 0 aliphatic carbocycles. The highest BCUT2D eigenvalue weighted by Crippen LogP contribution is 2.43. The normalized spacial score (nSPS) is 17.5. The van der Waals surface area contributed by atoms with Gasteiger partial charge in [-0.15, -0.1) is 0 Å². The van der Waals surface area contributed by atoms with Gasteiger partial charge in [0.15, 0.2) is 23.0 Å². The highest BCUT2D eigenvalue weighted by Gasteiger charge is 2.46. The summed E-state index contributed by atoms with van der Waals surface area (Å²) in [5.74, 6) is 0.505. The van der Waals surface area contributed by atoms with Crippen LogP contribution < -0.4 is 18.9 Å². The fourth-order valence-corrected chi connectivity index (χ4v) is 5.02. The molecule has 3 heterocycles. The highest BCUT2D eigenvalue weighted by molar-refractivity contribution is 6.46. The number of ketones is 1. The Morgan fingerprint density at radius 3 is 2.49 bits per heavy atom. The van der Waals surface area contributed by atoms with Crippen molar-refractivity contribution in [2.24, 2.45) is 0 Å². The Balaban J connectivity index is 1.41. The number of carbonyl (C=O) groups excluding carboxylic acids is 2. The molecule has 4 aromatic rings. The minimum absolute atomic E-state index is 0.0226. The van der Waals surface area contributed by atoms with Gasteiger partial charge in [0.05, 0.1) is 31.5 Å². The fraction of sp³-hybridized carbons (Fsp3) is 0.188. The smallest absolute Gasteiger partial charge is 0.296 e. The largest absolute Gasteiger partial charge is 0.507 e. The van der Waals surface area contributed by atoms with Crippen LogP contribution in [0.3, 0.4) is 0 Å². The van der Waals surface area contributed by atoms with E-state index in [4.69, 9.17) is 23.4 Å².